The van der Waals surface area contributed by atoms with Gasteiger partial charge in [0.25, 0.3) is 0 Å². The molecule has 1 unspecified atom stereocenters. The summed E-state index contributed by atoms with van der Waals surface area (Å²) in [6.07, 6.45) is 1.99. The minimum absolute atomic E-state index is 0.0750. The highest BCUT2D eigenvalue weighted by Crippen LogP contribution is 2.25. The van der Waals surface area contributed by atoms with E-state index < -0.39 is 6.04 Å². The van der Waals surface area contributed by atoms with Gasteiger partial charge in [0.1, 0.15) is 6.04 Å². The van der Waals surface area contributed by atoms with Gasteiger partial charge in [0.15, 0.2) is 0 Å². The van der Waals surface area contributed by atoms with E-state index in [2.05, 4.69) is 10.3 Å². The number of carbonyl (C=O) groups excluding carboxylic acids is 2. The van der Waals surface area contributed by atoms with Crippen LogP contribution in [0.3, 0.4) is 0 Å². The first kappa shape index (κ1) is 14.5. The molecule has 2 amide bonds. The summed E-state index contributed by atoms with van der Waals surface area (Å²) in [6, 6.07) is 3.23. The molecule has 1 N–H and O–H groups in total. The molecule has 1 aromatic rings. The van der Waals surface area contributed by atoms with Crippen molar-refractivity contribution >= 4 is 17.5 Å². The SMILES string of the molecule is Cc1ccc(N2CCC(=O)NC(C(C)(C)C)C2=O)cn1. The zero-order chi connectivity index (χ0) is 14.9. The molecule has 0 saturated carbocycles. The Kier molecular flexibility index (Phi) is 3.79. The quantitative estimate of drug-likeness (QED) is 0.848. The normalized spacial score (nSPS) is 20.6. The van der Waals surface area contributed by atoms with E-state index in [0.29, 0.717) is 13.0 Å². The van der Waals surface area contributed by atoms with Crippen molar-refractivity contribution in [1.82, 2.24) is 10.3 Å². The van der Waals surface area contributed by atoms with E-state index in [1.54, 1.807) is 11.1 Å². The third kappa shape index (κ3) is 2.98. The Morgan fingerprint density at radius 2 is 2.00 bits per heavy atom. The Hall–Kier alpha value is -1.91. The van der Waals surface area contributed by atoms with Gasteiger partial charge in [-0.3, -0.25) is 14.6 Å². The number of carbonyl (C=O) groups is 2. The molecule has 2 rings (SSSR count). The zero-order valence-corrected chi connectivity index (χ0v) is 12.4. The van der Waals surface area contributed by atoms with E-state index >= 15 is 0 Å². The second-order valence-electron chi connectivity index (χ2n) is 6.26. The maximum atomic E-state index is 12.7. The van der Waals surface area contributed by atoms with Crippen molar-refractivity contribution in [3.63, 3.8) is 0 Å². The molecule has 0 radical (unpaired) electrons. The number of rotatable bonds is 1. The molecule has 2 heterocycles. The summed E-state index contributed by atoms with van der Waals surface area (Å²) < 4.78 is 0. The maximum absolute atomic E-state index is 12.7. The van der Waals surface area contributed by atoms with Crippen LogP contribution in [0.4, 0.5) is 5.69 Å². The van der Waals surface area contributed by atoms with E-state index in [1.807, 2.05) is 39.8 Å². The fourth-order valence-electron chi connectivity index (χ4n) is 2.24. The topological polar surface area (TPSA) is 62.3 Å². The van der Waals surface area contributed by atoms with Crippen LogP contribution >= 0.6 is 0 Å². The smallest absolute Gasteiger partial charge is 0.250 e. The molecule has 5 heteroatoms. The Morgan fingerprint density at radius 3 is 2.55 bits per heavy atom. The molecule has 0 aliphatic carbocycles. The lowest BCUT2D eigenvalue weighted by atomic mass is 9.86. The Morgan fingerprint density at radius 1 is 1.30 bits per heavy atom. The fraction of sp³-hybridized carbons (Fsp3) is 0.533. The largest absolute Gasteiger partial charge is 0.344 e. The number of aromatic nitrogens is 1. The van der Waals surface area contributed by atoms with Crippen LogP contribution in [-0.2, 0) is 9.59 Å². The molecule has 1 aliphatic rings. The third-order valence-corrected chi connectivity index (χ3v) is 3.45. The van der Waals surface area contributed by atoms with Crippen molar-refractivity contribution in [2.45, 2.75) is 40.2 Å². The predicted octanol–water partition coefficient (Wildman–Crippen LogP) is 1.66. The van der Waals surface area contributed by atoms with Crippen LogP contribution < -0.4 is 10.2 Å². The number of aryl methyl sites for hydroxylation is 1. The minimum Gasteiger partial charge on any atom is -0.344 e. The molecule has 0 bridgehead atoms. The molecule has 1 saturated heterocycles. The van der Waals surface area contributed by atoms with Crippen LogP contribution in [0.15, 0.2) is 18.3 Å². The van der Waals surface area contributed by atoms with Gasteiger partial charge >= 0.3 is 0 Å². The van der Waals surface area contributed by atoms with E-state index in [0.717, 1.165) is 11.4 Å². The minimum atomic E-state index is -0.515. The van der Waals surface area contributed by atoms with Crippen LogP contribution in [0.2, 0.25) is 0 Å². The predicted molar refractivity (Wildman–Crippen MR) is 77.3 cm³/mol. The molecular weight excluding hydrogens is 254 g/mol. The first-order valence-corrected chi connectivity index (χ1v) is 6.82. The van der Waals surface area contributed by atoms with Crippen molar-refractivity contribution in [2.24, 2.45) is 5.41 Å². The van der Waals surface area contributed by atoms with E-state index in [1.165, 1.54) is 0 Å². The van der Waals surface area contributed by atoms with Crippen molar-refractivity contribution in [2.75, 3.05) is 11.4 Å². The lowest BCUT2D eigenvalue weighted by Crippen LogP contribution is -2.52. The summed E-state index contributed by atoms with van der Waals surface area (Å²) in [7, 11) is 0. The van der Waals surface area contributed by atoms with Crippen LogP contribution in [0.1, 0.15) is 32.9 Å². The van der Waals surface area contributed by atoms with Gasteiger partial charge in [-0.2, -0.15) is 0 Å². The summed E-state index contributed by atoms with van der Waals surface area (Å²) in [4.78, 5) is 30.4. The van der Waals surface area contributed by atoms with Crippen LogP contribution in [0.25, 0.3) is 0 Å². The van der Waals surface area contributed by atoms with Crippen molar-refractivity contribution < 1.29 is 9.59 Å². The van der Waals surface area contributed by atoms with E-state index in [9.17, 15) is 9.59 Å². The molecule has 108 valence electrons. The molecule has 1 aliphatic heterocycles. The summed E-state index contributed by atoms with van der Waals surface area (Å²) in [5.41, 5.74) is 1.32. The second kappa shape index (κ2) is 5.23. The highest BCUT2D eigenvalue weighted by Gasteiger charge is 2.38. The monoisotopic (exact) mass is 275 g/mol. The molecule has 0 spiro atoms. The van der Waals surface area contributed by atoms with Crippen LogP contribution in [-0.4, -0.2) is 29.4 Å². The summed E-state index contributed by atoms with van der Waals surface area (Å²) in [6.45, 7) is 8.14. The van der Waals surface area contributed by atoms with Gasteiger partial charge in [-0.05, 0) is 24.5 Å². The third-order valence-electron chi connectivity index (χ3n) is 3.45. The maximum Gasteiger partial charge on any atom is 0.250 e. The highest BCUT2D eigenvalue weighted by atomic mass is 16.2. The lowest BCUT2D eigenvalue weighted by molar-refractivity contribution is -0.127. The molecule has 20 heavy (non-hydrogen) atoms. The summed E-state index contributed by atoms with van der Waals surface area (Å²) in [5.74, 6) is -0.158. The molecule has 1 aromatic heterocycles. The van der Waals surface area contributed by atoms with Crippen LogP contribution in [0, 0.1) is 12.3 Å². The standard InChI is InChI=1S/C15H21N3O2/c1-10-5-6-11(9-16-10)18-8-7-12(19)17-13(14(18)20)15(2,3)4/h5-6,9,13H,7-8H2,1-4H3,(H,17,19). The van der Waals surface area contributed by atoms with Gasteiger partial charge in [-0.15, -0.1) is 0 Å². The molecule has 1 atom stereocenters. The number of nitrogens with zero attached hydrogens (tertiary/aromatic N) is 2. The Bertz CT molecular complexity index is 517. The van der Waals surface area contributed by atoms with Gasteiger partial charge in [-0.1, -0.05) is 20.8 Å². The fourth-order valence-corrected chi connectivity index (χ4v) is 2.24. The average molecular weight is 275 g/mol. The van der Waals surface area contributed by atoms with Gasteiger partial charge in [0.05, 0.1) is 11.9 Å². The Balaban J connectivity index is 2.35. The van der Waals surface area contributed by atoms with Crippen LogP contribution in [0.5, 0.6) is 0 Å². The highest BCUT2D eigenvalue weighted by molar-refractivity contribution is 6.01. The lowest BCUT2D eigenvalue weighted by Gasteiger charge is -2.32. The zero-order valence-electron chi connectivity index (χ0n) is 12.4. The average Bonchev–Trinajstić information content (AvgIpc) is 2.50. The van der Waals surface area contributed by atoms with E-state index in [4.69, 9.17) is 0 Å². The molecule has 1 fully saturated rings. The Labute approximate surface area is 119 Å². The van der Waals surface area contributed by atoms with E-state index in [-0.39, 0.29) is 17.2 Å². The summed E-state index contributed by atoms with van der Waals surface area (Å²) >= 11 is 0. The number of nitrogens with one attached hydrogen (secondary N) is 1. The van der Waals surface area contributed by atoms with Crippen molar-refractivity contribution in [3.8, 4) is 0 Å². The first-order chi connectivity index (χ1) is 9.29. The molecular formula is C15H21N3O2. The number of anilines is 1. The van der Waals surface area contributed by atoms with Gasteiger partial charge < -0.3 is 10.2 Å². The molecule has 0 aromatic carbocycles. The second-order valence-corrected chi connectivity index (χ2v) is 6.26. The number of amides is 2. The van der Waals surface area contributed by atoms with Crippen molar-refractivity contribution in [3.05, 3.63) is 24.0 Å². The number of hydrogen-bond donors (Lipinski definition) is 1. The summed E-state index contributed by atoms with van der Waals surface area (Å²) in [5, 5.41) is 2.83. The van der Waals surface area contributed by atoms with Gasteiger partial charge in [-0.25, -0.2) is 0 Å². The van der Waals surface area contributed by atoms with Gasteiger partial charge in [0.2, 0.25) is 11.8 Å². The first-order valence-electron chi connectivity index (χ1n) is 6.82. The number of hydrogen-bond acceptors (Lipinski definition) is 3. The molecule has 5 nitrogen and oxygen atoms in total. The number of pyridine rings is 1. The van der Waals surface area contributed by atoms with Gasteiger partial charge in [0, 0.05) is 18.7 Å². The van der Waals surface area contributed by atoms with Crippen molar-refractivity contribution in [1.29, 1.82) is 0 Å².